The Kier molecular flexibility index (Phi) is 3.85. The maximum Gasteiger partial charge on any atom is 0.211 e. The average molecular weight is 318 g/mol. The zero-order valence-electron chi connectivity index (χ0n) is 11.3. The fraction of sp³-hybridized carbons (Fsp3) is 0.250. The molecule has 0 N–H and O–H groups in total. The van der Waals surface area contributed by atoms with E-state index >= 15 is 0 Å². The Balaban J connectivity index is 2.46. The average Bonchev–Trinajstić information content (AvgIpc) is 2.37. The third-order valence-corrected chi connectivity index (χ3v) is 3.33. The molecule has 0 atom stereocenters. The molecular weight excluding hydrogens is 302 g/mol. The number of benzene rings is 1. The van der Waals surface area contributed by atoms with E-state index in [0.717, 1.165) is 5.56 Å². The van der Waals surface area contributed by atoms with Crippen LogP contribution in [0.15, 0.2) is 47.1 Å². The van der Waals surface area contributed by atoms with Gasteiger partial charge in [-0.3, -0.25) is 4.79 Å². The van der Waals surface area contributed by atoms with Crippen molar-refractivity contribution < 1.29 is 4.79 Å². The molecule has 0 fully saturated rings. The molecule has 3 heteroatoms. The summed E-state index contributed by atoms with van der Waals surface area (Å²) in [4.78, 5) is 16.7. The normalized spacial score (nSPS) is 11.4. The summed E-state index contributed by atoms with van der Waals surface area (Å²) in [6.45, 7) is 6.35. The van der Waals surface area contributed by atoms with Gasteiger partial charge in [-0.25, -0.2) is 4.98 Å². The maximum absolute atomic E-state index is 12.4. The van der Waals surface area contributed by atoms with Crippen molar-refractivity contribution in [3.8, 4) is 0 Å². The molecule has 0 aliphatic carbocycles. The fourth-order valence-corrected chi connectivity index (χ4v) is 2.22. The predicted molar refractivity (Wildman–Crippen MR) is 80.5 cm³/mol. The zero-order chi connectivity index (χ0) is 14.0. The first kappa shape index (κ1) is 13.9. The minimum absolute atomic E-state index is 0.0167. The highest BCUT2D eigenvalue weighted by atomic mass is 79.9. The Hall–Kier alpha value is -1.48. The molecule has 98 valence electrons. The Bertz CT molecular complexity index is 600. The van der Waals surface area contributed by atoms with Gasteiger partial charge in [0.05, 0.1) is 0 Å². The highest BCUT2D eigenvalue weighted by Crippen LogP contribution is 2.25. The number of ketones is 1. The molecule has 0 radical (unpaired) electrons. The Morgan fingerprint density at radius 2 is 1.74 bits per heavy atom. The molecule has 0 unspecified atom stereocenters. The summed E-state index contributed by atoms with van der Waals surface area (Å²) < 4.78 is 0.694. The number of carbonyl (C=O) groups is 1. The van der Waals surface area contributed by atoms with Gasteiger partial charge in [0.1, 0.15) is 10.3 Å². The fourth-order valence-electron chi connectivity index (χ4n) is 1.78. The van der Waals surface area contributed by atoms with E-state index in [9.17, 15) is 4.79 Å². The first-order chi connectivity index (χ1) is 8.88. The second kappa shape index (κ2) is 5.25. The molecule has 0 amide bonds. The van der Waals surface area contributed by atoms with Gasteiger partial charge in [0.2, 0.25) is 5.78 Å². The van der Waals surface area contributed by atoms with Crippen LogP contribution >= 0.6 is 15.9 Å². The van der Waals surface area contributed by atoms with Crippen molar-refractivity contribution in [1.29, 1.82) is 0 Å². The molecule has 19 heavy (non-hydrogen) atoms. The quantitative estimate of drug-likeness (QED) is 0.608. The van der Waals surface area contributed by atoms with Gasteiger partial charge in [-0.1, -0.05) is 51.1 Å². The lowest BCUT2D eigenvalue weighted by atomic mass is 9.87. The molecule has 2 aromatic rings. The van der Waals surface area contributed by atoms with Gasteiger partial charge in [0, 0.05) is 5.56 Å². The number of hydrogen-bond donors (Lipinski definition) is 0. The van der Waals surface area contributed by atoms with Gasteiger partial charge in [-0.15, -0.1) is 0 Å². The summed E-state index contributed by atoms with van der Waals surface area (Å²) in [7, 11) is 0. The lowest BCUT2D eigenvalue weighted by Crippen LogP contribution is -2.14. The molecule has 0 aliphatic rings. The molecule has 1 aromatic heterocycles. The molecule has 0 bridgehead atoms. The van der Waals surface area contributed by atoms with E-state index in [1.54, 1.807) is 0 Å². The number of rotatable bonds is 2. The van der Waals surface area contributed by atoms with Crippen molar-refractivity contribution in [2.45, 2.75) is 26.2 Å². The van der Waals surface area contributed by atoms with Crippen LogP contribution in [0.2, 0.25) is 0 Å². The summed E-state index contributed by atoms with van der Waals surface area (Å²) in [6.07, 6.45) is 0. The number of hydrogen-bond acceptors (Lipinski definition) is 2. The minimum Gasteiger partial charge on any atom is -0.287 e. The Morgan fingerprint density at radius 1 is 1.11 bits per heavy atom. The third kappa shape index (κ3) is 3.29. The van der Waals surface area contributed by atoms with Gasteiger partial charge >= 0.3 is 0 Å². The van der Waals surface area contributed by atoms with Crippen molar-refractivity contribution >= 4 is 21.7 Å². The predicted octanol–water partition coefficient (Wildman–Crippen LogP) is 4.37. The molecule has 0 aliphatic heterocycles. The Morgan fingerprint density at radius 3 is 2.32 bits per heavy atom. The van der Waals surface area contributed by atoms with Crippen LogP contribution in [0, 0.1) is 0 Å². The van der Waals surface area contributed by atoms with Crippen molar-refractivity contribution in [3.05, 3.63) is 63.9 Å². The van der Waals surface area contributed by atoms with Gasteiger partial charge in [0.15, 0.2) is 0 Å². The highest BCUT2D eigenvalue weighted by Gasteiger charge is 2.18. The second-order valence-electron chi connectivity index (χ2n) is 5.51. The van der Waals surface area contributed by atoms with E-state index in [1.807, 2.05) is 42.5 Å². The van der Waals surface area contributed by atoms with Crippen LogP contribution < -0.4 is 0 Å². The molecule has 1 aromatic carbocycles. The molecule has 0 saturated carbocycles. The second-order valence-corrected chi connectivity index (χ2v) is 6.32. The van der Waals surface area contributed by atoms with E-state index < -0.39 is 0 Å². The highest BCUT2D eigenvalue weighted by molar-refractivity contribution is 9.10. The topological polar surface area (TPSA) is 30.0 Å². The van der Waals surface area contributed by atoms with Gasteiger partial charge in [-0.05, 0) is 39.0 Å². The smallest absolute Gasteiger partial charge is 0.211 e. The van der Waals surface area contributed by atoms with Crippen LogP contribution in [0.1, 0.15) is 42.4 Å². The van der Waals surface area contributed by atoms with Gasteiger partial charge in [-0.2, -0.15) is 0 Å². The molecule has 1 heterocycles. The van der Waals surface area contributed by atoms with E-state index in [0.29, 0.717) is 15.9 Å². The number of aromatic nitrogens is 1. The first-order valence-electron chi connectivity index (χ1n) is 6.16. The summed E-state index contributed by atoms with van der Waals surface area (Å²) in [5.74, 6) is -0.0487. The van der Waals surface area contributed by atoms with Crippen molar-refractivity contribution in [1.82, 2.24) is 4.98 Å². The van der Waals surface area contributed by atoms with Crippen LogP contribution in [0.4, 0.5) is 0 Å². The lowest BCUT2D eigenvalue weighted by Gasteiger charge is -2.19. The van der Waals surface area contributed by atoms with Crippen molar-refractivity contribution in [2.75, 3.05) is 0 Å². The maximum atomic E-state index is 12.4. The monoisotopic (exact) mass is 317 g/mol. The van der Waals surface area contributed by atoms with Crippen LogP contribution in [0.3, 0.4) is 0 Å². The Labute approximate surface area is 122 Å². The number of pyridine rings is 1. The summed E-state index contributed by atoms with van der Waals surface area (Å²) in [5.41, 5.74) is 2.21. The number of nitrogens with zero attached hydrogens (tertiary/aromatic N) is 1. The van der Waals surface area contributed by atoms with Crippen LogP contribution in [-0.4, -0.2) is 10.8 Å². The zero-order valence-corrected chi connectivity index (χ0v) is 12.9. The molecule has 2 nitrogen and oxygen atoms in total. The molecular formula is C16H16BrNO. The molecule has 0 spiro atoms. The summed E-state index contributed by atoms with van der Waals surface area (Å²) in [5, 5.41) is 0. The van der Waals surface area contributed by atoms with E-state index in [4.69, 9.17) is 0 Å². The van der Waals surface area contributed by atoms with Crippen LogP contribution in [0.5, 0.6) is 0 Å². The molecule has 2 rings (SSSR count). The third-order valence-electron chi connectivity index (χ3n) is 2.93. The van der Waals surface area contributed by atoms with Crippen LogP contribution in [-0.2, 0) is 5.41 Å². The first-order valence-corrected chi connectivity index (χ1v) is 6.95. The van der Waals surface area contributed by atoms with Gasteiger partial charge < -0.3 is 0 Å². The minimum atomic E-state index is -0.0487. The SMILES string of the molecule is CC(C)(C)c1cc(Br)nc(C(=O)c2ccccc2)c1. The lowest BCUT2D eigenvalue weighted by molar-refractivity contribution is 0.103. The number of halogens is 1. The summed E-state index contributed by atoms with van der Waals surface area (Å²) in [6, 6.07) is 13.1. The van der Waals surface area contributed by atoms with Gasteiger partial charge in [0.25, 0.3) is 0 Å². The molecule has 0 saturated heterocycles. The van der Waals surface area contributed by atoms with Crippen molar-refractivity contribution in [3.63, 3.8) is 0 Å². The number of carbonyl (C=O) groups excluding carboxylic acids is 1. The van der Waals surface area contributed by atoms with Crippen molar-refractivity contribution in [2.24, 2.45) is 0 Å². The van der Waals surface area contributed by atoms with Crippen LogP contribution in [0.25, 0.3) is 0 Å². The largest absolute Gasteiger partial charge is 0.287 e. The summed E-state index contributed by atoms with van der Waals surface area (Å²) >= 11 is 3.38. The van der Waals surface area contributed by atoms with E-state index in [1.165, 1.54) is 0 Å². The standard InChI is InChI=1S/C16H16BrNO/c1-16(2,3)12-9-13(18-14(17)10-12)15(19)11-7-5-4-6-8-11/h4-10H,1-3H3. The van der Waals surface area contributed by atoms with E-state index in [2.05, 4.69) is 41.7 Å². The van der Waals surface area contributed by atoms with E-state index in [-0.39, 0.29) is 11.2 Å².